The Morgan fingerprint density at radius 3 is 3.00 bits per heavy atom. The molecule has 0 radical (unpaired) electrons. The van der Waals surface area contributed by atoms with Crippen LogP contribution in [-0.4, -0.2) is 35.0 Å². The summed E-state index contributed by atoms with van der Waals surface area (Å²) >= 11 is 1.71. The van der Waals surface area contributed by atoms with Crippen LogP contribution in [0, 0.1) is 5.92 Å². The van der Waals surface area contributed by atoms with Crippen LogP contribution in [-0.2, 0) is 16.0 Å². The number of nitrogens with zero attached hydrogens (tertiary/aromatic N) is 1. The molecule has 104 valence electrons. The topological polar surface area (TPSA) is 57.6 Å². The summed E-state index contributed by atoms with van der Waals surface area (Å²) in [4.78, 5) is 26.0. The zero-order valence-corrected chi connectivity index (χ0v) is 11.7. The zero-order valence-electron chi connectivity index (χ0n) is 10.9. The van der Waals surface area contributed by atoms with Crippen molar-refractivity contribution in [3.8, 4) is 0 Å². The Labute approximate surface area is 117 Å². The number of amides is 1. The number of likely N-dealkylation sites (tertiary alicyclic amines) is 1. The van der Waals surface area contributed by atoms with Crippen molar-refractivity contribution in [3.63, 3.8) is 0 Å². The second kappa shape index (κ2) is 6.70. The molecule has 1 fully saturated rings. The number of hydrogen-bond donors (Lipinski definition) is 1. The molecule has 1 unspecified atom stereocenters. The van der Waals surface area contributed by atoms with Crippen LogP contribution in [0.25, 0.3) is 0 Å². The van der Waals surface area contributed by atoms with E-state index in [-0.39, 0.29) is 11.8 Å². The summed E-state index contributed by atoms with van der Waals surface area (Å²) in [5.74, 6) is -1.06. The minimum atomic E-state index is -0.781. The third-order valence-corrected chi connectivity index (χ3v) is 4.45. The molecule has 0 aromatic carbocycles. The van der Waals surface area contributed by atoms with Gasteiger partial charge in [-0.15, -0.1) is 11.3 Å². The van der Waals surface area contributed by atoms with Crippen molar-refractivity contribution in [3.05, 3.63) is 22.4 Å². The fourth-order valence-electron chi connectivity index (χ4n) is 2.43. The van der Waals surface area contributed by atoms with E-state index in [1.807, 2.05) is 11.4 Å². The van der Waals surface area contributed by atoms with E-state index in [1.165, 1.54) is 4.88 Å². The van der Waals surface area contributed by atoms with Gasteiger partial charge in [0.25, 0.3) is 0 Å². The molecule has 0 aliphatic carbocycles. The highest BCUT2D eigenvalue weighted by Gasteiger charge is 2.27. The van der Waals surface area contributed by atoms with Gasteiger partial charge in [-0.2, -0.15) is 0 Å². The van der Waals surface area contributed by atoms with Crippen LogP contribution in [0.2, 0.25) is 0 Å². The number of carboxylic acids is 1. The highest BCUT2D eigenvalue weighted by Crippen LogP contribution is 2.18. The van der Waals surface area contributed by atoms with Crippen LogP contribution in [0.1, 0.15) is 30.6 Å². The Hall–Kier alpha value is -1.36. The van der Waals surface area contributed by atoms with Gasteiger partial charge in [0.05, 0.1) is 5.92 Å². The summed E-state index contributed by atoms with van der Waals surface area (Å²) < 4.78 is 0. The minimum absolute atomic E-state index is 0.0995. The highest BCUT2D eigenvalue weighted by atomic mass is 32.1. The minimum Gasteiger partial charge on any atom is -0.481 e. The maximum Gasteiger partial charge on any atom is 0.308 e. The number of piperidine rings is 1. The molecule has 1 saturated heterocycles. The third kappa shape index (κ3) is 4.06. The molecular formula is C14H19NO3S. The van der Waals surface area contributed by atoms with Gasteiger partial charge in [0.2, 0.25) is 5.91 Å². The smallest absolute Gasteiger partial charge is 0.308 e. The van der Waals surface area contributed by atoms with Crippen molar-refractivity contribution in [2.24, 2.45) is 5.92 Å². The van der Waals surface area contributed by atoms with Crippen LogP contribution in [0.3, 0.4) is 0 Å². The van der Waals surface area contributed by atoms with E-state index in [2.05, 4.69) is 6.07 Å². The molecule has 0 spiro atoms. The zero-order chi connectivity index (χ0) is 13.7. The molecule has 1 N–H and O–H groups in total. The summed E-state index contributed by atoms with van der Waals surface area (Å²) in [6.07, 6.45) is 3.78. The normalized spacial score (nSPS) is 19.4. The predicted octanol–water partition coefficient (Wildman–Crippen LogP) is 2.39. The van der Waals surface area contributed by atoms with Gasteiger partial charge in [0.15, 0.2) is 0 Å². The standard InChI is InChI=1S/C14H19NO3S/c16-13(7-1-5-12-6-3-9-19-12)15-8-2-4-11(10-15)14(17)18/h3,6,9,11H,1-2,4-5,7-8,10H2,(H,17,18). The molecule has 1 aliphatic rings. The van der Waals surface area contributed by atoms with Crippen molar-refractivity contribution >= 4 is 23.2 Å². The number of hydrogen-bond acceptors (Lipinski definition) is 3. The van der Waals surface area contributed by atoms with Crippen LogP contribution in [0.5, 0.6) is 0 Å². The van der Waals surface area contributed by atoms with Crippen molar-refractivity contribution in [2.45, 2.75) is 32.1 Å². The van der Waals surface area contributed by atoms with Gasteiger partial charge < -0.3 is 10.0 Å². The fraction of sp³-hybridized carbons (Fsp3) is 0.571. The lowest BCUT2D eigenvalue weighted by Crippen LogP contribution is -2.42. The number of rotatable bonds is 5. The van der Waals surface area contributed by atoms with E-state index in [0.717, 1.165) is 19.3 Å². The maximum absolute atomic E-state index is 12.0. The van der Waals surface area contributed by atoms with Gasteiger partial charge in [-0.1, -0.05) is 6.07 Å². The van der Waals surface area contributed by atoms with Crippen LogP contribution in [0.15, 0.2) is 17.5 Å². The largest absolute Gasteiger partial charge is 0.481 e. The molecule has 1 aromatic heterocycles. The SMILES string of the molecule is O=C(O)C1CCCN(C(=O)CCCc2cccs2)C1. The Bertz CT molecular complexity index is 430. The van der Waals surface area contributed by atoms with Gasteiger partial charge in [0, 0.05) is 24.4 Å². The van der Waals surface area contributed by atoms with Gasteiger partial charge in [-0.25, -0.2) is 0 Å². The quantitative estimate of drug-likeness (QED) is 0.901. The van der Waals surface area contributed by atoms with E-state index >= 15 is 0 Å². The second-order valence-corrected chi connectivity index (χ2v) is 5.98. The molecule has 1 amide bonds. The van der Waals surface area contributed by atoms with Gasteiger partial charge in [-0.05, 0) is 37.1 Å². The molecular weight excluding hydrogens is 262 g/mol. The van der Waals surface area contributed by atoms with Crippen LogP contribution < -0.4 is 0 Å². The van der Waals surface area contributed by atoms with Gasteiger partial charge >= 0.3 is 5.97 Å². The number of thiophene rings is 1. The summed E-state index contributed by atoms with van der Waals surface area (Å²) in [5, 5.41) is 11.0. The highest BCUT2D eigenvalue weighted by molar-refractivity contribution is 7.09. The predicted molar refractivity (Wildman–Crippen MR) is 74.2 cm³/mol. The van der Waals surface area contributed by atoms with Crippen molar-refractivity contribution < 1.29 is 14.7 Å². The molecule has 19 heavy (non-hydrogen) atoms. The first-order chi connectivity index (χ1) is 9.16. The summed E-state index contributed by atoms with van der Waals surface area (Å²) in [6.45, 7) is 1.09. The van der Waals surface area contributed by atoms with E-state index in [9.17, 15) is 9.59 Å². The van der Waals surface area contributed by atoms with Gasteiger partial charge in [0.1, 0.15) is 0 Å². The first-order valence-corrected chi connectivity index (χ1v) is 7.58. The van der Waals surface area contributed by atoms with Crippen molar-refractivity contribution in [2.75, 3.05) is 13.1 Å². The molecule has 4 nitrogen and oxygen atoms in total. The Morgan fingerprint density at radius 2 is 2.32 bits per heavy atom. The number of carbonyl (C=O) groups is 2. The molecule has 0 bridgehead atoms. The summed E-state index contributed by atoms with van der Waals surface area (Å²) in [7, 11) is 0. The lowest BCUT2D eigenvalue weighted by atomic mass is 9.98. The Kier molecular flexibility index (Phi) is 4.96. The van der Waals surface area contributed by atoms with Crippen molar-refractivity contribution in [1.82, 2.24) is 4.90 Å². The first kappa shape index (κ1) is 14.1. The van der Waals surface area contributed by atoms with Crippen LogP contribution >= 0.6 is 11.3 Å². The molecule has 1 atom stereocenters. The average Bonchev–Trinajstić information content (AvgIpc) is 2.92. The second-order valence-electron chi connectivity index (χ2n) is 4.95. The Balaban J connectivity index is 1.74. The van der Waals surface area contributed by atoms with E-state index < -0.39 is 5.97 Å². The fourth-order valence-corrected chi connectivity index (χ4v) is 3.18. The lowest BCUT2D eigenvalue weighted by Gasteiger charge is -2.30. The monoisotopic (exact) mass is 281 g/mol. The van der Waals surface area contributed by atoms with Gasteiger partial charge in [-0.3, -0.25) is 9.59 Å². The molecule has 2 rings (SSSR count). The number of aliphatic carboxylic acids is 1. The number of aryl methyl sites for hydroxylation is 1. The first-order valence-electron chi connectivity index (χ1n) is 6.70. The summed E-state index contributed by atoms with van der Waals surface area (Å²) in [5.41, 5.74) is 0. The Morgan fingerprint density at radius 1 is 1.47 bits per heavy atom. The maximum atomic E-state index is 12.0. The molecule has 1 aromatic rings. The summed E-state index contributed by atoms with van der Waals surface area (Å²) in [6, 6.07) is 4.10. The molecule has 1 aliphatic heterocycles. The van der Waals surface area contributed by atoms with E-state index in [4.69, 9.17) is 5.11 Å². The number of carbonyl (C=O) groups excluding carboxylic acids is 1. The van der Waals surface area contributed by atoms with E-state index in [1.54, 1.807) is 16.2 Å². The van der Waals surface area contributed by atoms with Crippen molar-refractivity contribution in [1.29, 1.82) is 0 Å². The molecule has 2 heterocycles. The lowest BCUT2D eigenvalue weighted by molar-refractivity contribution is -0.145. The molecule has 5 heteroatoms. The van der Waals surface area contributed by atoms with Crippen LogP contribution in [0.4, 0.5) is 0 Å². The number of carboxylic acid groups (broad SMARTS) is 1. The average molecular weight is 281 g/mol. The molecule has 0 saturated carbocycles. The third-order valence-electron chi connectivity index (χ3n) is 3.52. The van der Waals surface area contributed by atoms with E-state index in [0.29, 0.717) is 25.9 Å².